The second-order valence-electron chi connectivity index (χ2n) is 7.49. The number of carbonyl (C=O) groups is 1. The number of para-hydroxylation sites is 2. The van der Waals surface area contributed by atoms with Crippen molar-refractivity contribution >= 4 is 18.3 Å². The molecule has 30 heavy (non-hydrogen) atoms. The molecule has 2 aromatic carbocycles. The van der Waals surface area contributed by atoms with Crippen LogP contribution in [0.3, 0.4) is 0 Å². The number of halogens is 1. The van der Waals surface area contributed by atoms with Crippen molar-refractivity contribution in [2.75, 3.05) is 33.4 Å². The number of carbonyl (C=O) groups excluding carboxylic acids is 1. The molecule has 2 aliphatic heterocycles. The third-order valence-corrected chi connectivity index (χ3v) is 5.60. The van der Waals surface area contributed by atoms with E-state index in [0.717, 1.165) is 18.8 Å². The molecule has 0 aliphatic carbocycles. The van der Waals surface area contributed by atoms with Gasteiger partial charge in [-0.3, -0.25) is 9.69 Å². The van der Waals surface area contributed by atoms with Gasteiger partial charge in [-0.1, -0.05) is 30.7 Å². The summed E-state index contributed by atoms with van der Waals surface area (Å²) in [5.41, 5.74) is 1.18. The van der Waals surface area contributed by atoms with Crippen LogP contribution in [-0.4, -0.2) is 50.3 Å². The van der Waals surface area contributed by atoms with Gasteiger partial charge in [0.25, 0.3) is 5.91 Å². The Labute approximate surface area is 183 Å². The average Bonchev–Trinajstić information content (AvgIpc) is 2.80. The molecule has 1 N–H and O–H groups in total. The van der Waals surface area contributed by atoms with Crippen LogP contribution in [0.2, 0.25) is 0 Å². The molecule has 0 spiro atoms. The zero-order valence-electron chi connectivity index (χ0n) is 17.2. The molecular formula is C23H29ClN2O4. The van der Waals surface area contributed by atoms with Gasteiger partial charge in [0.05, 0.1) is 13.2 Å². The Balaban J connectivity index is 0.00000256. The Morgan fingerprint density at radius 2 is 1.80 bits per heavy atom. The van der Waals surface area contributed by atoms with Gasteiger partial charge in [-0.2, -0.15) is 0 Å². The summed E-state index contributed by atoms with van der Waals surface area (Å²) in [6, 6.07) is 15.7. The highest BCUT2D eigenvalue weighted by Gasteiger charge is 2.29. The van der Waals surface area contributed by atoms with Crippen LogP contribution in [-0.2, 0) is 4.79 Å². The van der Waals surface area contributed by atoms with E-state index in [-0.39, 0.29) is 31.0 Å². The van der Waals surface area contributed by atoms with E-state index >= 15 is 0 Å². The van der Waals surface area contributed by atoms with Gasteiger partial charge in [0, 0.05) is 6.54 Å². The molecule has 7 heteroatoms. The van der Waals surface area contributed by atoms with Crippen molar-refractivity contribution in [1.29, 1.82) is 0 Å². The maximum atomic E-state index is 12.8. The number of ether oxygens (including phenoxy) is 3. The number of hydrogen-bond acceptors (Lipinski definition) is 5. The van der Waals surface area contributed by atoms with Crippen molar-refractivity contribution < 1.29 is 19.0 Å². The van der Waals surface area contributed by atoms with Crippen LogP contribution in [0, 0.1) is 0 Å². The van der Waals surface area contributed by atoms with E-state index in [0.29, 0.717) is 18.0 Å². The largest absolute Gasteiger partial charge is 0.497 e. The minimum Gasteiger partial charge on any atom is -0.497 e. The number of likely N-dealkylation sites (tertiary alicyclic amines) is 1. The second kappa shape index (κ2) is 10.5. The first-order valence-corrected chi connectivity index (χ1v) is 10.3. The number of hydrogen-bond donors (Lipinski definition) is 1. The van der Waals surface area contributed by atoms with E-state index in [1.165, 1.54) is 24.8 Å². The lowest BCUT2D eigenvalue weighted by molar-refractivity contribution is -0.130. The Kier molecular flexibility index (Phi) is 7.82. The van der Waals surface area contributed by atoms with Crippen molar-refractivity contribution in [1.82, 2.24) is 10.2 Å². The van der Waals surface area contributed by atoms with Crippen molar-refractivity contribution in [2.45, 2.75) is 31.4 Å². The lowest BCUT2D eigenvalue weighted by atomic mass is 10.0. The summed E-state index contributed by atoms with van der Waals surface area (Å²) >= 11 is 0. The van der Waals surface area contributed by atoms with E-state index in [1.807, 2.05) is 36.4 Å². The fraction of sp³-hybridized carbons (Fsp3) is 0.435. The SMILES string of the molecule is COc1ccc(C(CNC(=O)C2COc3ccccc3O2)N2CCCCC2)cc1.Cl. The van der Waals surface area contributed by atoms with Crippen molar-refractivity contribution in [3.63, 3.8) is 0 Å². The first-order valence-electron chi connectivity index (χ1n) is 10.3. The highest BCUT2D eigenvalue weighted by atomic mass is 35.5. The molecule has 1 amide bonds. The lowest BCUT2D eigenvalue weighted by Crippen LogP contribution is -2.47. The number of fused-ring (bicyclic) bond motifs is 1. The van der Waals surface area contributed by atoms with E-state index in [9.17, 15) is 4.79 Å². The van der Waals surface area contributed by atoms with Gasteiger partial charge in [-0.25, -0.2) is 0 Å². The molecule has 2 unspecified atom stereocenters. The average molecular weight is 433 g/mol. The van der Waals surface area contributed by atoms with E-state index in [4.69, 9.17) is 14.2 Å². The van der Waals surface area contributed by atoms with Crippen molar-refractivity contribution in [3.8, 4) is 17.2 Å². The lowest BCUT2D eigenvalue weighted by Gasteiger charge is -2.35. The summed E-state index contributed by atoms with van der Waals surface area (Å²) in [6.45, 7) is 2.85. The van der Waals surface area contributed by atoms with Crippen LogP contribution >= 0.6 is 12.4 Å². The van der Waals surface area contributed by atoms with Crippen LogP contribution in [0.4, 0.5) is 0 Å². The summed E-state index contributed by atoms with van der Waals surface area (Å²) in [5.74, 6) is 1.99. The number of nitrogens with zero attached hydrogens (tertiary/aromatic N) is 1. The van der Waals surface area contributed by atoms with Crippen LogP contribution in [0.1, 0.15) is 30.9 Å². The first-order chi connectivity index (χ1) is 14.2. The van der Waals surface area contributed by atoms with Gasteiger partial charge in [0.1, 0.15) is 12.4 Å². The third kappa shape index (κ3) is 5.18. The van der Waals surface area contributed by atoms with E-state index in [2.05, 4.69) is 22.3 Å². The van der Waals surface area contributed by atoms with E-state index < -0.39 is 6.10 Å². The van der Waals surface area contributed by atoms with Crippen molar-refractivity contribution in [3.05, 3.63) is 54.1 Å². The Hall–Kier alpha value is -2.44. The number of methoxy groups -OCH3 is 1. The zero-order valence-corrected chi connectivity index (χ0v) is 18.0. The Morgan fingerprint density at radius 3 is 2.50 bits per heavy atom. The van der Waals surface area contributed by atoms with Gasteiger partial charge in [0.15, 0.2) is 11.5 Å². The fourth-order valence-corrected chi connectivity index (χ4v) is 3.97. The van der Waals surface area contributed by atoms with Gasteiger partial charge in [-0.15, -0.1) is 12.4 Å². The minimum atomic E-state index is -0.636. The quantitative estimate of drug-likeness (QED) is 0.755. The minimum absolute atomic E-state index is 0. The predicted octanol–water partition coefficient (Wildman–Crippen LogP) is 3.60. The zero-order chi connectivity index (χ0) is 20.1. The third-order valence-electron chi connectivity index (χ3n) is 5.60. The highest BCUT2D eigenvalue weighted by Crippen LogP contribution is 2.31. The van der Waals surface area contributed by atoms with E-state index in [1.54, 1.807) is 7.11 Å². The van der Waals surface area contributed by atoms with Crippen LogP contribution in [0.25, 0.3) is 0 Å². The number of rotatable bonds is 6. The van der Waals surface area contributed by atoms with Crippen LogP contribution in [0.5, 0.6) is 17.2 Å². The highest BCUT2D eigenvalue weighted by molar-refractivity contribution is 5.85. The topological polar surface area (TPSA) is 60.0 Å². The van der Waals surface area contributed by atoms with Gasteiger partial charge in [-0.05, 0) is 55.8 Å². The van der Waals surface area contributed by atoms with Crippen molar-refractivity contribution in [2.24, 2.45) is 0 Å². The molecule has 2 heterocycles. The molecule has 1 fully saturated rings. The molecule has 162 valence electrons. The normalized spacial score (nSPS) is 19.3. The standard InChI is InChI=1S/C23H28N2O4.ClH/c1-27-18-11-9-17(10-12-18)19(25-13-5-2-6-14-25)15-24-23(26)22-16-28-20-7-3-4-8-21(20)29-22;/h3-4,7-12,19,22H,2,5-6,13-16H2,1H3,(H,24,26);1H. The Bertz CT molecular complexity index is 824. The summed E-state index contributed by atoms with van der Waals surface area (Å²) in [5, 5.41) is 3.09. The first kappa shape index (κ1) is 22.2. The smallest absolute Gasteiger partial charge is 0.264 e. The molecule has 1 saturated heterocycles. The fourth-order valence-electron chi connectivity index (χ4n) is 3.97. The second-order valence-corrected chi connectivity index (χ2v) is 7.49. The molecule has 2 atom stereocenters. The maximum absolute atomic E-state index is 12.8. The number of amides is 1. The molecule has 4 rings (SSSR count). The van der Waals surface area contributed by atoms with Crippen LogP contribution < -0.4 is 19.5 Å². The molecule has 0 radical (unpaired) electrons. The number of benzene rings is 2. The molecular weight excluding hydrogens is 404 g/mol. The number of nitrogens with one attached hydrogen (secondary N) is 1. The predicted molar refractivity (Wildman–Crippen MR) is 118 cm³/mol. The molecule has 6 nitrogen and oxygen atoms in total. The molecule has 2 aliphatic rings. The van der Waals surface area contributed by atoms with Gasteiger partial charge < -0.3 is 19.5 Å². The van der Waals surface area contributed by atoms with Gasteiger partial charge >= 0.3 is 0 Å². The van der Waals surface area contributed by atoms with Gasteiger partial charge in [0.2, 0.25) is 6.10 Å². The summed E-state index contributed by atoms with van der Waals surface area (Å²) in [4.78, 5) is 15.2. The molecule has 0 aromatic heterocycles. The summed E-state index contributed by atoms with van der Waals surface area (Å²) in [6.07, 6.45) is 3.02. The summed E-state index contributed by atoms with van der Waals surface area (Å²) < 4.78 is 16.8. The van der Waals surface area contributed by atoms with Crippen LogP contribution in [0.15, 0.2) is 48.5 Å². The Morgan fingerprint density at radius 1 is 1.10 bits per heavy atom. The monoisotopic (exact) mass is 432 g/mol. The molecule has 2 aromatic rings. The maximum Gasteiger partial charge on any atom is 0.264 e. The summed E-state index contributed by atoms with van der Waals surface area (Å²) in [7, 11) is 1.67. The number of piperidine rings is 1. The molecule has 0 saturated carbocycles. The molecule has 0 bridgehead atoms.